The van der Waals surface area contributed by atoms with Gasteiger partial charge >= 0.3 is 0 Å². The van der Waals surface area contributed by atoms with E-state index in [0.29, 0.717) is 0 Å². The number of rotatable bonds is 3. The summed E-state index contributed by atoms with van der Waals surface area (Å²) in [6.45, 7) is 2.13. The predicted molar refractivity (Wildman–Crippen MR) is 73.6 cm³/mol. The molecule has 2 heterocycles. The molecule has 0 saturated carbocycles. The van der Waals surface area contributed by atoms with Crippen molar-refractivity contribution in [2.45, 2.75) is 13.0 Å². The van der Waals surface area contributed by atoms with Crippen LogP contribution in [0.1, 0.15) is 18.5 Å². The fourth-order valence-corrected chi connectivity index (χ4v) is 2.54. The van der Waals surface area contributed by atoms with Crippen molar-refractivity contribution in [2.24, 2.45) is 0 Å². The number of aromatic nitrogens is 3. The van der Waals surface area contributed by atoms with E-state index in [0.717, 1.165) is 11.3 Å². The molecule has 0 aliphatic heterocycles. The lowest BCUT2D eigenvalue weighted by atomic mass is 10.1. The minimum absolute atomic E-state index is 0.200. The van der Waals surface area contributed by atoms with Gasteiger partial charge in [-0.1, -0.05) is 35.5 Å². The number of nitrogens with zero attached hydrogens (tertiary/aromatic N) is 3. The highest BCUT2D eigenvalue weighted by atomic mass is 32.1. The lowest BCUT2D eigenvalue weighted by Crippen LogP contribution is -2.07. The maximum Gasteiger partial charge on any atom is 0.113 e. The largest absolute Gasteiger partial charge is 0.245 e. The lowest BCUT2D eigenvalue weighted by Gasteiger charge is -2.10. The molecule has 3 aromatic rings. The Morgan fingerprint density at radius 2 is 2.00 bits per heavy atom. The first-order valence-corrected chi connectivity index (χ1v) is 6.78. The first-order chi connectivity index (χ1) is 8.84. The zero-order valence-corrected chi connectivity index (χ0v) is 10.8. The van der Waals surface area contributed by atoms with Crippen molar-refractivity contribution in [1.82, 2.24) is 15.0 Å². The van der Waals surface area contributed by atoms with Crippen molar-refractivity contribution in [1.29, 1.82) is 0 Å². The molecule has 0 radical (unpaired) electrons. The Bertz CT molecular complexity index is 614. The minimum Gasteiger partial charge on any atom is -0.245 e. The van der Waals surface area contributed by atoms with Gasteiger partial charge in [0.1, 0.15) is 5.69 Å². The van der Waals surface area contributed by atoms with Crippen LogP contribution >= 0.6 is 11.3 Å². The van der Waals surface area contributed by atoms with Gasteiger partial charge in [-0.05, 0) is 23.9 Å². The monoisotopic (exact) mass is 255 g/mol. The van der Waals surface area contributed by atoms with Crippen LogP contribution in [0.25, 0.3) is 11.3 Å². The van der Waals surface area contributed by atoms with Crippen LogP contribution in [0.2, 0.25) is 0 Å². The van der Waals surface area contributed by atoms with Crippen LogP contribution in [0.3, 0.4) is 0 Å². The Balaban J connectivity index is 1.90. The summed E-state index contributed by atoms with van der Waals surface area (Å²) >= 11 is 1.67. The summed E-state index contributed by atoms with van der Waals surface area (Å²) in [7, 11) is 0. The Hall–Kier alpha value is -1.94. The van der Waals surface area contributed by atoms with Crippen molar-refractivity contribution in [3.63, 3.8) is 0 Å². The average Bonchev–Trinajstić information content (AvgIpc) is 3.09. The van der Waals surface area contributed by atoms with E-state index >= 15 is 0 Å². The molecule has 3 rings (SSSR count). The van der Waals surface area contributed by atoms with Gasteiger partial charge in [-0.3, -0.25) is 0 Å². The third kappa shape index (κ3) is 2.07. The normalized spacial score (nSPS) is 12.5. The zero-order chi connectivity index (χ0) is 12.4. The summed E-state index contributed by atoms with van der Waals surface area (Å²) in [6.07, 6.45) is 2.00. The molecule has 0 aliphatic carbocycles. The predicted octanol–water partition coefficient (Wildman–Crippen LogP) is 3.62. The van der Waals surface area contributed by atoms with Crippen molar-refractivity contribution in [3.8, 4) is 11.3 Å². The van der Waals surface area contributed by atoms with Crippen LogP contribution in [0.4, 0.5) is 0 Å². The van der Waals surface area contributed by atoms with Crippen molar-refractivity contribution >= 4 is 11.3 Å². The van der Waals surface area contributed by atoms with E-state index in [2.05, 4.69) is 46.2 Å². The van der Waals surface area contributed by atoms with E-state index in [1.54, 1.807) is 11.3 Å². The molecule has 1 unspecified atom stereocenters. The number of benzene rings is 1. The van der Waals surface area contributed by atoms with Gasteiger partial charge in [-0.25, -0.2) is 4.68 Å². The highest BCUT2D eigenvalue weighted by molar-refractivity contribution is 7.08. The topological polar surface area (TPSA) is 30.7 Å². The van der Waals surface area contributed by atoms with E-state index < -0.39 is 0 Å². The van der Waals surface area contributed by atoms with Gasteiger partial charge in [0, 0.05) is 10.9 Å². The highest BCUT2D eigenvalue weighted by Gasteiger charge is 2.10. The Morgan fingerprint density at radius 1 is 1.17 bits per heavy atom. The Morgan fingerprint density at radius 3 is 2.72 bits per heavy atom. The van der Waals surface area contributed by atoms with E-state index in [1.165, 1.54) is 5.56 Å². The summed E-state index contributed by atoms with van der Waals surface area (Å²) in [5.41, 5.74) is 3.30. The van der Waals surface area contributed by atoms with E-state index in [9.17, 15) is 0 Å². The van der Waals surface area contributed by atoms with Crippen LogP contribution in [-0.2, 0) is 0 Å². The molecule has 1 atom stereocenters. The third-order valence-corrected chi connectivity index (χ3v) is 3.69. The van der Waals surface area contributed by atoms with Crippen molar-refractivity contribution < 1.29 is 0 Å². The highest BCUT2D eigenvalue weighted by Crippen LogP contribution is 2.22. The molecule has 0 aliphatic rings. The number of hydrogen-bond donors (Lipinski definition) is 0. The van der Waals surface area contributed by atoms with Gasteiger partial charge in [-0.15, -0.1) is 5.10 Å². The van der Waals surface area contributed by atoms with Gasteiger partial charge < -0.3 is 0 Å². The number of thiophene rings is 1. The quantitative estimate of drug-likeness (QED) is 0.715. The molecular weight excluding hydrogens is 242 g/mol. The second-order valence-corrected chi connectivity index (χ2v) is 4.96. The molecule has 0 fully saturated rings. The molecule has 18 heavy (non-hydrogen) atoms. The van der Waals surface area contributed by atoms with E-state index in [4.69, 9.17) is 0 Å². The molecule has 1 aromatic carbocycles. The van der Waals surface area contributed by atoms with Gasteiger partial charge in [-0.2, -0.15) is 11.3 Å². The SMILES string of the molecule is CC(c1ccccc1)n1cc(-c2ccsc2)nn1. The Labute approximate surface area is 110 Å². The third-order valence-electron chi connectivity index (χ3n) is 3.01. The molecule has 0 amide bonds. The summed E-state index contributed by atoms with van der Waals surface area (Å²) in [4.78, 5) is 0. The maximum absolute atomic E-state index is 4.22. The van der Waals surface area contributed by atoms with Crippen LogP contribution in [0.5, 0.6) is 0 Å². The van der Waals surface area contributed by atoms with Gasteiger partial charge in [0.05, 0.1) is 12.2 Å². The summed E-state index contributed by atoms with van der Waals surface area (Å²) in [5.74, 6) is 0. The average molecular weight is 255 g/mol. The van der Waals surface area contributed by atoms with Crippen LogP contribution in [0.15, 0.2) is 53.4 Å². The first kappa shape index (κ1) is 11.2. The molecule has 3 nitrogen and oxygen atoms in total. The molecule has 0 bridgehead atoms. The molecule has 4 heteroatoms. The van der Waals surface area contributed by atoms with Gasteiger partial charge in [0.2, 0.25) is 0 Å². The van der Waals surface area contributed by atoms with Crippen LogP contribution in [-0.4, -0.2) is 15.0 Å². The molecule has 90 valence electrons. The van der Waals surface area contributed by atoms with E-state index in [1.807, 2.05) is 29.1 Å². The maximum atomic E-state index is 4.22. The summed E-state index contributed by atoms with van der Waals surface area (Å²) in [6, 6.07) is 12.6. The van der Waals surface area contributed by atoms with Crippen LogP contribution < -0.4 is 0 Å². The molecule has 0 saturated heterocycles. The molecular formula is C14H13N3S. The van der Waals surface area contributed by atoms with Crippen molar-refractivity contribution in [3.05, 3.63) is 58.9 Å². The van der Waals surface area contributed by atoms with Crippen molar-refractivity contribution in [2.75, 3.05) is 0 Å². The standard InChI is InChI=1S/C14H13N3S/c1-11(12-5-3-2-4-6-12)17-9-14(15-16-17)13-7-8-18-10-13/h2-11H,1H3. The Kier molecular flexibility index (Phi) is 2.94. The summed E-state index contributed by atoms with van der Waals surface area (Å²) < 4.78 is 1.91. The van der Waals surface area contributed by atoms with Gasteiger partial charge in [0.15, 0.2) is 0 Å². The summed E-state index contributed by atoms with van der Waals surface area (Å²) in [5, 5.41) is 12.6. The fraction of sp³-hybridized carbons (Fsp3) is 0.143. The second-order valence-electron chi connectivity index (χ2n) is 4.18. The molecule has 2 aromatic heterocycles. The second kappa shape index (κ2) is 4.74. The molecule has 0 spiro atoms. The smallest absolute Gasteiger partial charge is 0.113 e. The minimum atomic E-state index is 0.200. The lowest BCUT2D eigenvalue weighted by molar-refractivity contribution is 0.543. The fourth-order valence-electron chi connectivity index (χ4n) is 1.89. The van der Waals surface area contributed by atoms with E-state index in [-0.39, 0.29) is 6.04 Å². The molecule has 0 N–H and O–H groups in total. The van der Waals surface area contributed by atoms with Gasteiger partial charge in [0.25, 0.3) is 0 Å². The van der Waals surface area contributed by atoms with Crippen LogP contribution in [0, 0.1) is 0 Å². The first-order valence-electron chi connectivity index (χ1n) is 5.84. The number of hydrogen-bond acceptors (Lipinski definition) is 3. The zero-order valence-electron chi connectivity index (χ0n) is 10.0.